The molecule has 0 fully saturated rings. The second-order valence-corrected chi connectivity index (χ2v) is 8.74. The molecule has 1 amide bonds. The number of aromatic nitrogens is 3. The molecule has 32 heavy (non-hydrogen) atoms. The van der Waals surface area contributed by atoms with Crippen molar-refractivity contribution >= 4 is 49.2 Å². The standard InChI is InChI=1S/C25H20N4O2S/c1-16-11-17(2)13-18(12-16)29(25-27-21-9-5-6-10-22(21)32-25)23(30)14-28-15-26-20-8-4-3-7-19(20)24(28)31/h3-13,15H,14H2,1-2H3. The third-order valence-corrected chi connectivity index (χ3v) is 6.25. The molecule has 0 saturated heterocycles. The Bertz CT molecular complexity index is 1480. The number of hydrogen-bond acceptors (Lipinski definition) is 5. The molecule has 0 bridgehead atoms. The van der Waals surface area contributed by atoms with E-state index in [-0.39, 0.29) is 18.0 Å². The predicted molar refractivity (Wildman–Crippen MR) is 129 cm³/mol. The Morgan fingerprint density at radius 1 is 0.969 bits per heavy atom. The number of hydrogen-bond donors (Lipinski definition) is 0. The molecule has 0 aliphatic rings. The van der Waals surface area contributed by atoms with Crippen LogP contribution in [0.5, 0.6) is 0 Å². The molecule has 0 radical (unpaired) electrons. The molecule has 0 aliphatic heterocycles. The number of amides is 1. The Kier molecular flexibility index (Phi) is 5.03. The highest BCUT2D eigenvalue weighted by Crippen LogP contribution is 2.34. The van der Waals surface area contributed by atoms with Crippen molar-refractivity contribution in [2.45, 2.75) is 20.4 Å². The minimum atomic E-state index is -0.256. The number of carbonyl (C=O) groups excluding carboxylic acids is 1. The summed E-state index contributed by atoms with van der Waals surface area (Å²) < 4.78 is 2.35. The Morgan fingerprint density at radius 2 is 1.66 bits per heavy atom. The second kappa shape index (κ2) is 8.01. The van der Waals surface area contributed by atoms with E-state index in [1.54, 1.807) is 23.1 Å². The van der Waals surface area contributed by atoms with Crippen molar-refractivity contribution in [3.63, 3.8) is 0 Å². The number of fused-ring (bicyclic) bond motifs is 2. The third kappa shape index (κ3) is 3.67. The van der Waals surface area contributed by atoms with Gasteiger partial charge in [0.1, 0.15) is 6.54 Å². The first-order valence-electron chi connectivity index (χ1n) is 10.2. The molecular weight excluding hydrogens is 420 g/mol. The van der Waals surface area contributed by atoms with Crippen LogP contribution in [0.15, 0.2) is 77.9 Å². The Labute approximate surface area is 188 Å². The summed E-state index contributed by atoms with van der Waals surface area (Å²) in [7, 11) is 0. The van der Waals surface area contributed by atoms with Gasteiger partial charge in [0.05, 0.1) is 33.1 Å². The van der Waals surface area contributed by atoms with Gasteiger partial charge >= 0.3 is 0 Å². The average Bonchev–Trinajstić information content (AvgIpc) is 3.19. The molecule has 0 unspecified atom stereocenters. The molecule has 0 spiro atoms. The predicted octanol–water partition coefficient (Wildman–Crippen LogP) is 4.99. The van der Waals surface area contributed by atoms with Crippen LogP contribution < -0.4 is 10.5 Å². The van der Waals surface area contributed by atoms with Gasteiger partial charge in [-0.2, -0.15) is 0 Å². The lowest BCUT2D eigenvalue weighted by Crippen LogP contribution is -2.33. The lowest BCUT2D eigenvalue weighted by atomic mass is 10.1. The fourth-order valence-corrected chi connectivity index (χ4v) is 4.84. The maximum atomic E-state index is 13.6. The summed E-state index contributed by atoms with van der Waals surface area (Å²) in [4.78, 5) is 37.2. The summed E-state index contributed by atoms with van der Waals surface area (Å²) in [5, 5.41) is 1.06. The molecule has 0 aliphatic carbocycles. The van der Waals surface area contributed by atoms with Crippen LogP contribution in [0, 0.1) is 13.8 Å². The van der Waals surface area contributed by atoms with Crippen molar-refractivity contribution in [3.8, 4) is 0 Å². The van der Waals surface area contributed by atoms with Crippen molar-refractivity contribution in [2.24, 2.45) is 0 Å². The zero-order valence-corrected chi connectivity index (χ0v) is 18.5. The molecule has 3 aromatic carbocycles. The molecule has 0 N–H and O–H groups in total. The minimum Gasteiger partial charge on any atom is -0.289 e. The molecule has 2 aromatic heterocycles. The van der Waals surface area contributed by atoms with Crippen LogP contribution in [0.4, 0.5) is 10.8 Å². The maximum Gasteiger partial charge on any atom is 0.261 e. The first kappa shape index (κ1) is 20.1. The molecule has 5 aromatic rings. The first-order chi connectivity index (χ1) is 15.5. The highest BCUT2D eigenvalue weighted by molar-refractivity contribution is 7.22. The maximum absolute atomic E-state index is 13.6. The topological polar surface area (TPSA) is 68.1 Å². The fraction of sp³-hybridized carbons (Fsp3) is 0.120. The zero-order valence-electron chi connectivity index (χ0n) is 17.6. The zero-order chi connectivity index (χ0) is 22.2. The summed E-state index contributed by atoms with van der Waals surface area (Å²) in [5.74, 6) is -0.256. The summed E-state index contributed by atoms with van der Waals surface area (Å²) in [6, 6.07) is 20.9. The van der Waals surface area contributed by atoms with E-state index in [9.17, 15) is 9.59 Å². The van der Waals surface area contributed by atoms with Crippen LogP contribution in [0.25, 0.3) is 21.1 Å². The number of nitrogens with zero attached hydrogens (tertiary/aromatic N) is 4. The smallest absolute Gasteiger partial charge is 0.261 e. The van der Waals surface area contributed by atoms with Gasteiger partial charge in [0.15, 0.2) is 5.13 Å². The van der Waals surface area contributed by atoms with E-state index >= 15 is 0 Å². The summed E-state index contributed by atoms with van der Waals surface area (Å²) in [6.45, 7) is 3.85. The molecule has 0 saturated carbocycles. The van der Waals surface area contributed by atoms with Crippen molar-refractivity contribution in [2.75, 3.05) is 4.90 Å². The van der Waals surface area contributed by atoms with Crippen LogP contribution in [0.2, 0.25) is 0 Å². The van der Waals surface area contributed by atoms with Crippen LogP contribution in [-0.4, -0.2) is 20.4 Å². The molecular formula is C25H20N4O2S. The minimum absolute atomic E-state index is 0.139. The van der Waals surface area contributed by atoms with Crippen LogP contribution >= 0.6 is 11.3 Å². The summed E-state index contributed by atoms with van der Waals surface area (Å²) in [6.07, 6.45) is 1.43. The van der Waals surface area contributed by atoms with Gasteiger partial charge in [0.25, 0.3) is 11.5 Å². The first-order valence-corrected chi connectivity index (χ1v) is 11.0. The number of thiazole rings is 1. The average molecular weight is 441 g/mol. The molecule has 2 heterocycles. The van der Waals surface area contributed by atoms with Crippen molar-refractivity contribution in [1.29, 1.82) is 0 Å². The lowest BCUT2D eigenvalue weighted by molar-refractivity contribution is -0.118. The van der Waals surface area contributed by atoms with Gasteiger partial charge in [0, 0.05) is 0 Å². The van der Waals surface area contributed by atoms with E-state index in [1.807, 2.05) is 56.3 Å². The normalized spacial score (nSPS) is 11.2. The second-order valence-electron chi connectivity index (χ2n) is 7.73. The largest absolute Gasteiger partial charge is 0.289 e. The van der Waals surface area contributed by atoms with Gasteiger partial charge in [-0.1, -0.05) is 41.7 Å². The number of anilines is 2. The highest BCUT2D eigenvalue weighted by Gasteiger charge is 2.23. The fourth-order valence-electron chi connectivity index (χ4n) is 3.83. The van der Waals surface area contributed by atoms with Crippen molar-refractivity contribution < 1.29 is 4.79 Å². The number of rotatable bonds is 4. The van der Waals surface area contributed by atoms with E-state index in [0.717, 1.165) is 27.0 Å². The Balaban J connectivity index is 1.60. The molecule has 158 valence electrons. The molecule has 5 rings (SSSR count). The SMILES string of the molecule is Cc1cc(C)cc(N(C(=O)Cn2cnc3ccccc3c2=O)c2nc3ccccc3s2)c1. The van der Waals surface area contributed by atoms with Crippen molar-refractivity contribution in [1.82, 2.24) is 14.5 Å². The van der Waals surface area contributed by atoms with E-state index < -0.39 is 0 Å². The number of aryl methyl sites for hydroxylation is 2. The van der Waals surface area contributed by atoms with Gasteiger partial charge in [-0.15, -0.1) is 0 Å². The monoisotopic (exact) mass is 440 g/mol. The summed E-state index contributed by atoms with van der Waals surface area (Å²) in [5.41, 5.74) is 4.02. The van der Waals surface area contributed by atoms with E-state index in [4.69, 9.17) is 4.98 Å². The van der Waals surface area contributed by atoms with E-state index in [1.165, 1.54) is 22.2 Å². The third-order valence-electron chi connectivity index (χ3n) is 5.23. The molecule has 7 heteroatoms. The highest BCUT2D eigenvalue weighted by atomic mass is 32.1. The Morgan fingerprint density at radius 3 is 2.41 bits per heavy atom. The van der Waals surface area contributed by atoms with Gasteiger partial charge < -0.3 is 0 Å². The van der Waals surface area contributed by atoms with Gasteiger partial charge in [-0.25, -0.2) is 9.97 Å². The van der Waals surface area contributed by atoms with E-state index in [2.05, 4.69) is 11.1 Å². The van der Waals surface area contributed by atoms with Gasteiger partial charge in [-0.05, 0) is 61.4 Å². The van der Waals surface area contributed by atoms with Crippen LogP contribution in [0.1, 0.15) is 11.1 Å². The lowest BCUT2D eigenvalue weighted by Gasteiger charge is -2.21. The number of benzene rings is 3. The summed E-state index contributed by atoms with van der Waals surface area (Å²) >= 11 is 1.45. The number of para-hydroxylation sites is 2. The van der Waals surface area contributed by atoms with Gasteiger partial charge in [-0.3, -0.25) is 19.1 Å². The number of carbonyl (C=O) groups is 1. The van der Waals surface area contributed by atoms with Crippen LogP contribution in [-0.2, 0) is 11.3 Å². The van der Waals surface area contributed by atoms with Crippen molar-refractivity contribution in [3.05, 3.63) is 94.5 Å². The van der Waals surface area contributed by atoms with Gasteiger partial charge in [0.2, 0.25) is 0 Å². The van der Waals surface area contributed by atoms with Crippen LogP contribution in [0.3, 0.4) is 0 Å². The van der Waals surface area contributed by atoms with E-state index in [0.29, 0.717) is 16.0 Å². The quantitative estimate of drug-likeness (QED) is 0.395. The Hall–Kier alpha value is -3.84. The molecule has 0 atom stereocenters. The molecule has 6 nitrogen and oxygen atoms in total.